The number of hydrogen-bond acceptors (Lipinski definition) is 3. The summed E-state index contributed by atoms with van der Waals surface area (Å²) in [6.07, 6.45) is -0.0114. The van der Waals surface area contributed by atoms with Crippen LogP contribution in [0.15, 0.2) is 12.3 Å². The Morgan fingerprint density at radius 2 is 1.75 bits per heavy atom. The molecule has 2 N–H and O–H groups in total. The van der Waals surface area contributed by atoms with Crippen molar-refractivity contribution in [3.05, 3.63) is 28.5 Å². The summed E-state index contributed by atoms with van der Waals surface area (Å²) in [5, 5.41) is 11.8. The number of aromatic carboxylic acids is 1. The molecule has 0 bridgehead atoms. The zero-order valence-electron chi connectivity index (χ0n) is 14.1. The Morgan fingerprint density at radius 3 is 2.08 bits per heavy atom. The van der Waals surface area contributed by atoms with Gasteiger partial charge >= 0.3 is 12.1 Å². The molecule has 0 aromatic carbocycles. The number of piperidine rings is 1. The molecule has 0 radical (unpaired) electrons. The Morgan fingerprint density at radius 1 is 1.25 bits per heavy atom. The van der Waals surface area contributed by atoms with Gasteiger partial charge in [-0.15, -0.1) is 0 Å². The number of halogens is 4. The molecule has 8 heteroatoms. The third kappa shape index (κ3) is 6.28. The van der Waals surface area contributed by atoms with E-state index in [1.54, 1.807) is 0 Å². The highest BCUT2D eigenvalue weighted by atomic mass is 35.5. The first kappa shape index (κ1) is 20.7. The molecule has 1 saturated heterocycles. The molecule has 1 aromatic heterocycles. The van der Waals surface area contributed by atoms with Crippen molar-refractivity contribution in [3.8, 4) is 0 Å². The van der Waals surface area contributed by atoms with Crippen molar-refractivity contribution in [2.24, 2.45) is 0 Å². The van der Waals surface area contributed by atoms with Gasteiger partial charge in [0.05, 0.1) is 10.6 Å². The maximum Gasteiger partial charge on any atom is 0.433 e. The van der Waals surface area contributed by atoms with Gasteiger partial charge in [0, 0.05) is 17.3 Å². The molecule has 1 aliphatic heterocycles. The second-order valence-electron chi connectivity index (χ2n) is 7.10. The molecule has 24 heavy (non-hydrogen) atoms. The van der Waals surface area contributed by atoms with Crippen molar-refractivity contribution >= 4 is 17.6 Å². The second-order valence-corrected chi connectivity index (χ2v) is 7.51. The second kappa shape index (κ2) is 7.27. The Kier molecular flexibility index (Phi) is 6.27. The maximum absolute atomic E-state index is 12.1. The molecular formula is C16H22ClF3N2O2. The molecule has 1 aliphatic rings. The van der Waals surface area contributed by atoms with E-state index in [1.807, 2.05) is 0 Å². The summed E-state index contributed by atoms with van der Waals surface area (Å²) < 4.78 is 36.2. The summed E-state index contributed by atoms with van der Waals surface area (Å²) in [4.78, 5) is 13.4. The van der Waals surface area contributed by atoms with E-state index in [4.69, 9.17) is 16.7 Å². The first-order valence-corrected chi connectivity index (χ1v) is 7.87. The molecule has 1 fully saturated rings. The lowest BCUT2D eigenvalue weighted by atomic mass is 9.83. The highest BCUT2D eigenvalue weighted by molar-refractivity contribution is 6.33. The number of hydrogen-bond donors (Lipinski definition) is 2. The first-order valence-electron chi connectivity index (χ1n) is 7.49. The van der Waals surface area contributed by atoms with Crippen LogP contribution >= 0.6 is 11.6 Å². The lowest BCUT2D eigenvalue weighted by Gasteiger charge is -2.42. The van der Waals surface area contributed by atoms with Crippen LogP contribution in [0.4, 0.5) is 13.2 Å². The summed E-state index contributed by atoms with van der Waals surface area (Å²) in [6.45, 7) is 9.14. The SMILES string of the molecule is CC1(C)CCCC(C)(C)N1.O=C(O)c1cc(C(F)(F)F)ncc1Cl. The van der Waals surface area contributed by atoms with E-state index in [1.165, 1.54) is 19.3 Å². The van der Waals surface area contributed by atoms with Crippen LogP contribution in [0.25, 0.3) is 0 Å². The lowest BCUT2D eigenvalue weighted by molar-refractivity contribution is -0.141. The van der Waals surface area contributed by atoms with E-state index in [2.05, 4.69) is 38.0 Å². The Bertz CT molecular complexity index is 587. The molecule has 0 unspecified atom stereocenters. The number of rotatable bonds is 1. The summed E-state index contributed by atoms with van der Waals surface area (Å²) in [5.74, 6) is -1.53. The van der Waals surface area contributed by atoms with E-state index in [0.29, 0.717) is 23.3 Å². The number of nitrogens with one attached hydrogen (secondary N) is 1. The van der Waals surface area contributed by atoms with Gasteiger partial charge < -0.3 is 10.4 Å². The normalized spacial score (nSPS) is 19.2. The van der Waals surface area contributed by atoms with Crippen molar-refractivity contribution in [1.82, 2.24) is 10.3 Å². The minimum absolute atomic E-state index is 0.328. The van der Waals surface area contributed by atoms with Crippen LogP contribution in [-0.4, -0.2) is 27.1 Å². The fourth-order valence-electron chi connectivity index (χ4n) is 2.77. The van der Waals surface area contributed by atoms with Gasteiger partial charge in [-0.3, -0.25) is 4.98 Å². The lowest BCUT2D eigenvalue weighted by Crippen LogP contribution is -2.55. The van der Waals surface area contributed by atoms with Gasteiger partial charge in [0.1, 0.15) is 5.69 Å². The van der Waals surface area contributed by atoms with Crippen LogP contribution in [0.5, 0.6) is 0 Å². The van der Waals surface area contributed by atoms with E-state index in [9.17, 15) is 18.0 Å². The van der Waals surface area contributed by atoms with Gasteiger partial charge in [0.15, 0.2) is 0 Å². The topological polar surface area (TPSA) is 62.2 Å². The molecule has 0 amide bonds. The monoisotopic (exact) mass is 366 g/mol. The summed E-state index contributed by atoms with van der Waals surface area (Å²) in [5.41, 5.74) is -1.17. The quantitative estimate of drug-likeness (QED) is 0.751. The molecule has 0 saturated carbocycles. The first-order chi connectivity index (χ1) is 10.7. The van der Waals surface area contributed by atoms with E-state index in [-0.39, 0.29) is 5.02 Å². The molecule has 0 aliphatic carbocycles. The Balaban J connectivity index is 0.000000254. The minimum atomic E-state index is -4.67. The van der Waals surface area contributed by atoms with Gasteiger partial charge in [-0.1, -0.05) is 11.6 Å². The predicted octanol–water partition coefficient (Wildman–Crippen LogP) is 4.77. The molecular weight excluding hydrogens is 345 g/mol. The summed E-state index contributed by atoms with van der Waals surface area (Å²) >= 11 is 5.33. The molecule has 2 rings (SSSR count). The molecule has 0 atom stereocenters. The zero-order valence-corrected chi connectivity index (χ0v) is 14.8. The van der Waals surface area contributed by atoms with Crippen LogP contribution in [0.2, 0.25) is 5.02 Å². The third-order valence-corrected chi connectivity index (χ3v) is 3.96. The fourth-order valence-corrected chi connectivity index (χ4v) is 2.96. The number of aromatic nitrogens is 1. The number of carbonyl (C=O) groups is 1. The number of carboxylic acid groups (broad SMARTS) is 1. The number of carboxylic acids is 1. The maximum atomic E-state index is 12.1. The summed E-state index contributed by atoms with van der Waals surface area (Å²) in [7, 11) is 0. The fraction of sp³-hybridized carbons (Fsp3) is 0.625. The number of alkyl halides is 3. The van der Waals surface area contributed by atoms with Gasteiger partial charge in [-0.05, 0) is 53.0 Å². The van der Waals surface area contributed by atoms with Gasteiger partial charge in [-0.2, -0.15) is 13.2 Å². The van der Waals surface area contributed by atoms with Gasteiger partial charge in [0.25, 0.3) is 0 Å². The average molecular weight is 367 g/mol. The van der Waals surface area contributed by atoms with Crippen molar-refractivity contribution in [3.63, 3.8) is 0 Å². The highest BCUT2D eigenvalue weighted by Gasteiger charge is 2.33. The predicted molar refractivity (Wildman–Crippen MR) is 86.4 cm³/mol. The molecule has 2 heterocycles. The minimum Gasteiger partial charge on any atom is -0.478 e. The van der Waals surface area contributed by atoms with Gasteiger partial charge in [0.2, 0.25) is 0 Å². The van der Waals surface area contributed by atoms with Crippen LogP contribution in [0.1, 0.15) is 63.0 Å². The number of pyridine rings is 1. The molecule has 136 valence electrons. The molecule has 1 aromatic rings. The van der Waals surface area contributed by atoms with E-state index in [0.717, 1.165) is 0 Å². The number of nitrogens with zero attached hydrogens (tertiary/aromatic N) is 1. The van der Waals surface area contributed by atoms with Crippen LogP contribution in [0.3, 0.4) is 0 Å². The third-order valence-electron chi connectivity index (χ3n) is 3.66. The van der Waals surface area contributed by atoms with Crippen molar-refractivity contribution in [2.75, 3.05) is 0 Å². The molecule has 4 nitrogen and oxygen atoms in total. The Labute approximate surface area is 144 Å². The highest BCUT2D eigenvalue weighted by Crippen LogP contribution is 2.29. The summed E-state index contributed by atoms with van der Waals surface area (Å²) in [6, 6.07) is 0.394. The van der Waals surface area contributed by atoms with E-state index < -0.39 is 23.4 Å². The van der Waals surface area contributed by atoms with E-state index >= 15 is 0 Å². The van der Waals surface area contributed by atoms with Crippen molar-refractivity contribution < 1.29 is 23.1 Å². The van der Waals surface area contributed by atoms with Crippen LogP contribution < -0.4 is 5.32 Å². The van der Waals surface area contributed by atoms with Crippen LogP contribution in [-0.2, 0) is 6.18 Å². The molecule has 0 spiro atoms. The van der Waals surface area contributed by atoms with Crippen molar-refractivity contribution in [1.29, 1.82) is 0 Å². The largest absolute Gasteiger partial charge is 0.478 e. The standard InChI is InChI=1S/C9H19N.C7H3ClF3NO2/c1-8(2)6-5-7-9(3,4)10-8;8-4-2-12-5(7(9,10)11)1-3(4)6(13)14/h10H,5-7H2,1-4H3;1-2H,(H,13,14). The van der Waals surface area contributed by atoms with Crippen molar-refractivity contribution in [2.45, 2.75) is 64.2 Å². The van der Waals surface area contributed by atoms with Gasteiger partial charge in [-0.25, -0.2) is 4.79 Å². The Hall–Kier alpha value is -1.34. The smallest absolute Gasteiger partial charge is 0.433 e. The van der Waals surface area contributed by atoms with Crippen LogP contribution in [0, 0.1) is 0 Å². The average Bonchev–Trinajstić information content (AvgIpc) is 2.35. The zero-order chi connectivity index (χ0) is 18.8.